The summed E-state index contributed by atoms with van der Waals surface area (Å²) in [5, 5.41) is 17.2. The first-order valence-corrected chi connectivity index (χ1v) is 15.9. The van der Waals surface area contributed by atoms with E-state index in [9.17, 15) is 5.26 Å². The molecule has 3 heterocycles. The predicted molar refractivity (Wildman–Crippen MR) is 194 cm³/mol. The fraction of sp³-hybridized carbons (Fsp3) is 0. The molecule has 0 saturated carbocycles. The number of rotatable bonds is 3. The lowest BCUT2D eigenvalue weighted by Crippen LogP contribution is -1.96. The predicted octanol–water partition coefficient (Wildman–Crippen LogP) is 10.8. The Hall–Kier alpha value is -6.57. The van der Waals surface area contributed by atoms with Crippen molar-refractivity contribution in [1.29, 1.82) is 5.26 Å². The molecule has 0 N–H and O–H groups in total. The van der Waals surface area contributed by atoms with E-state index in [1.807, 2.05) is 18.2 Å². The SMILES string of the molecule is N#Cc1cccc2c1c1cc(-n3c4ccccc4c4c3ccc3c5ccccc5n(-c5ccccc5)c34)ccc1n2-c1ccccc1. The van der Waals surface area contributed by atoms with E-state index < -0.39 is 0 Å². The van der Waals surface area contributed by atoms with Crippen LogP contribution in [0.4, 0.5) is 0 Å². The van der Waals surface area contributed by atoms with E-state index in [4.69, 9.17) is 0 Å². The number of benzene rings is 7. The molecule has 0 amide bonds. The van der Waals surface area contributed by atoms with Crippen LogP contribution in [0.1, 0.15) is 5.56 Å². The third-order valence-corrected chi connectivity index (χ3v) is 9.65. The van der Waals surface area contributed by atoms with Gasteiger partial charge in [0, 0.05) is 49.4 Å². The summed E-state index contributed by atoms with van der Waals surface area (Å²) in [6, 6.07) is 58.2. The van der Waals surface area contributed by atoms with Gasteiger partial charge in [0.1, 0.15) is 0 Å². The van der Waals surface area contributed by atoms with Crippen LogP contribution in [0, 0.1) is 11.3 Å². The van der Waals surface area contributed by atoms with Crippen LogP contribution in [0.3, 0.4) is 0 Å². The van der Waals surface area contributed by atoms with Crippen LogP contribution in [-0.2, 0) is 0 Å². The standard InChI is InChI=1S/C43H26N4/c44-27-28-12-11-21-39-41(28)35-26-31(22-24-38(35)45(39)29-13-3-1-4-14-29)46-37-20-10-8-18-34(37)42-40(46)25-23-33-32-17-7-9-19-36(32)47(43(33)42)30-15-5-2-6-16-30/h1-26H. The van der Waals surface area contributed by atoms with Gasteiger partial charge in [-0.05, 0) is 72.8 Å². The van der Waals surface area contributed by atoms with Crippen molar-refractivity contribution in [3.63, 3.8) is 0 Å². The second kappa shape index (κ2) is 9.71. The molecule has 4 nitrogen and oxygen atoms in total. The zero-order chi connectivity index (χ0) is 31.1. The first-order chi connectivity index (χ1) is 23.3. The number of aromatic nitrogens is 3. The minimum absolute atomic E-state index is 0.677. The van der Waals surface area contributed by atoms with Crippen LogP contribution in [0.2, 0.25) is 0 Å². The Kier molecular flexibility index (Phi) is 5.32. The second-order valence-electron chi connectivity index (χ2n) is 12.1. The van der Waals surface area contributed by atoms with Crippen molar-refractivity contribution < 1.29 is 0 Å². The topological polar surface area (TPSA) is 38.6 Å². The molecule has 47 heavy (non-hydrogen) atoms. The summed E-state index contributed by atoms with van der Waals surface area (Å²) in [5.41, 5.74) is 10.7. The molecule has 0 unspecified atom stereocenters. The van der Waals surface area contributed by atoms with Crippen LogP contribution in [0.5, 0.6) is 0 Å². The molecule has 3 aromatic heterocycles. The van der Waals surface area contributed by atoms with Crippen molar-refractivity contribution in [2.45, 2.75) is 0 Å². The van der Waals surface area contributed by atoms with E-state index in [-0.39, 0.29) is 0 Å². The molecule has 0 aliphatic carbocycles. The van der Waals surface area contributed by atoms with Crippen LogP contribution < -0.4 is 0 Å². The van der Waals surface area contributed by atoms with E-state index in [1.54, 1.807) is 0 Å². The summed E-state index contributed by atoms with van der Waals surface area (Å²) in [5.74, 6) is 0. The molecule has 0 bridgehead atoms. The quantitative estimate of drug-likeness (QED) is 0.199. The highest BCUT2D eigenvalue weighted by atomic mass is 15.0. The number of para-hydroxylation sites is 4. The van der Waals surface area contributed by atoms with Gasteiger partial charge in [-0.15, -0.1) is 0 Å². The highest BCUT2D eigenvalue weighted by Gasteiger charge is 2.22. The fourth-order valence-corrected chi connectivity index (χ4v) is 7.78. The molecule has 7 aromatic carbocycles. The Morgan fingerprint density at radius 3 is 1.66 bits per heavy atom. The van der Waals surface area contributed by atoms with Gasteiger partial charge in [0.05, 0.1) is 44.7 Å². The molecule has 10 rings (SSSR count). The van der Waals surface area contributed by atoms with Gasteiger partial charge in [-0.2, -0.15) is 5.26 Å². The van der Waals surface area contributed by atoms with Gasteiger partial charge < -0.3 is 13.7 Å². The summed E-state index contributed by atoms with van der Waals surface area (Å²) in [6.45, 7) is 0. The van der Waals surface area contributed by atoms with Crippen LogP contribution in [0.15, 0.2) is 158 Å². The van der Waals surface area contributed by atoms with Gasteiger partial charge in [-0.1, -0.05) is 84.9 Å². The molecule has 0 saturated heterocycles. The Labute approximate surface area is 270 Å². The lowest BCUT2D eigenvalue weighted by atomic mass is 10.1. The van der Waals surface area contributed by atoms with Crippen LogP contribution >= 0.6 is 0 Å². The number of fused-ring (bicyclic) bond motifs is 10. The molecule has 218 valence electrons. The minimum Gasteiger partial charge on any atom is -0.309 e. The molecule has 0 aliphatic heterocycles. The zero-order valence-corrected chi connectivity index (χ0v) is 25.3. The molecule has 0 aliphatic rings. The van der Waals surface area contributed by atoms with Crippen molar-refractivity contribution in [3.05, 3.63) is 163 Å². The molecule has 0 atom stereocenters. The van der Waals surface area contributed by atoms with Gasteiger partial charge in [0.25, 0.3) is 0 Å². The number of hydrogen-bond acceptors (Lipinski definition) is 1. The number of hydrogen-bond donors (Lipinski definition) is 0. The molecule has 0 fully saturated rings. The normalized spacial score (nSPS) is 11.8. The van der Waals surface area contributed by atoms with Gasteiger partial charge in [0.15, 0.2) is 0 Å². The number of nitrogens with zero attached hydrogens (tertiary/aromatic N) is 4. The number of nitriles is 1. The molecule has 0 radical (unpaired) electrons. The van der Waals surface area contributed by atoms with Crippen molar-refractivity contribution in [2.75, 3.05) is 0 Å². The molecular weight excluding hydrogens is 573 g/mol. The maximum absolute atomic E-state index is 10.2. The highest BCUT2D eigenvalue weighted by molar-refractivity contribution is 6.26. The first kappa shape index (κ1) is 25.7. The summed E-state index contributed by atoms with van der Waals surface area (Å²) in [4.78, 5) is 0. The van der Waals surface area contributed by atoms with E-state index in [0.29, 0.717) is 5.56 Å². The van der Waals surface area contributed by atoms with E-state index in [2.05, 4.69) is 159 Å². The fourth-order valence-electron chi connectivity index (χ4n) is 7.78. The van der Waals surface area contributed by atoms with Crippen molar-refractivity contribution in [3.8, 4) is 23.1 Å². The smallest absolute Gasteiger partial charge is 0.0998 e. The summed E-state index contributed by atoms with van der Waals surface area (Å²) in [7, 11) is 0. The van der Waals surface area contributed by atoms with Gasteiger partial charge >= 0.3 is 0 Å². The largest absolute Gasteiger partial charge is 0.309 e. The van der Waals surface area contributed by atoms with E-state index >= 15 is 0 Å². The third-order valence-electron chi connectivity index (χ3n) is 9.65. The summed E-state index contributed by atoms with van der Waals surface area (Å²) < 4.78 is 7.07. The minimum atomic E-state index is 0.677. The van der Waals surface area contributed by atoms with Crippen molar-refractivity contribution in [1.82, 2.24) is 13.7 Å². The molecule has 0 spiro atoms. The maximum atomic E-state index is 10.2. The lowest BCUT2D eigenvalue weighted by molar-refractivity contribution is 1.16. The zero-order valence-electron chi connectivity index (χ0n) is 25.3. The van der Waals surface area contributed by atoms with Crippen LogP contribution in [-0.4, -0.2) is 13.7 Å². The molecular formula is C43H26N4. The first-order valence-electron chi connectivity index (χ1n) is 15.9. The van der Waals surface area contributed by atoms with Crippen LogP contribution in [0.25, 0.3) is 82.5 Å². The highest BCUT2D eigenvalue weighted by Crippen LogP contribution is 2.43. The van der Waals surface area contributed by atoms with Gasteiger partial charge in [0.2, 0.25) is 0 Å². The van der Waals surface area contributed by atoms with Crippen molar-refractivity contribution in [2.24, 2.45) is 0 Å². The monoisotopic (exact) mass is 598 g/mol. The molecule has 4 heteroatoms. The average molecular weight is 599 g/mol. The van der Waals surface area contributed by atoms with Crippen molar-refractivity contribution >= 4 is 65.4 Å². The van der Waals surface area contributed by atoms with Gasteiger partial charge in [-0.25, -0.2) is 0 Å². The summed E-state index contributed by atoms with van der Waals surface area (Å²) in [6.07, 6.45) is 0. The summed E-state index contributed by atoms with van der Waals surface area (Å²) >= 11 is 0. The Morgan fingerprint density at radius 1 is 0.362 bits per heavy atom. The molecule has 10 aromatic rings. The lowest BCUT2D eigenvalue weighted by Gasteiger charge is -2.11. The Morgan fingerprint density at radius 2 is 0.915 bits per heavy atom. The maximum Gasteiger partial charge on any atom is 0.0998 e. The Balaban J connectivity index is 1.35. The van der Waals surface area contributed by atoms with E-state index in [0.717, 1.165) is 49.9 Å². The Bertz CT molecular complexity index is 2900. The third kappa shape index (κ3) is 3.51. The van der Waals surface area contributed by atoms with Gasteiger partial charge in [-0.3, -0.25) is 0 Å². The van der Waals surface area contributed by atoms with E-state index in [1.165, 1.54) is 32.6 Å². The second-order valence-corrected chi connectivity index (χ2v) is 12.1. The average Bonchev–Trinajstić information content (AvgIpc) is 3.77.